The van der Waals surface area contributed by atoms with Crippen LogP contribution in [0.4, 0.5) is 0 Å². The minimum Gasteiger partial charge on any atom is -0.493 e. The van der Waals surface area contributed by atoms with Crippen molar-refractivity contribution in [3.63, 3.8) is 0 Å². The number of hydrogen-bond acceptors (Lipinski definition) is 7. The third kappa shape index (κ3) is 3.89. The van der Waals surface area contributed by atoms with Crippen molar-refractivity contribution < 1.29 is 14.4 Å². The summed E-state index contributed by atoms with van der Waals surface area (Å²) in [5, 5.41) is 19.6. The van der Waals surface area contributed by atoms with Gasteiger partial charge in [0.15, 0.2) is 5.84 Å². The van der Waals surface area contributed by atoms with Gasteiger partial charge >= 0.3 is 0 Å². The van der Waals surface area contributed by atoms with Gasteiger partial charge in [0.2, 0.25) is 5.89 Å². The Morgan fingerprint density at radius 3 is 2.75 bits per heavy atom. The van der Waals surface area contributed by atoms with Gasteiger partial charge in [-0.1, -0.05) is 16.9 Å². The van der Waals surface area contributed by atoms with E-state index in [9.17, 15) is 0 Å². The highest BCUT2D eigenvalue weighted by Crippen LogP contribution is 2.17. The highest BCUT2D eigenvalue weighted by molar-refractivity contribution is 7.99. The van der Waals surface area contributed by atoms with E-state index >= 15 is 0 Å². The largest absolute Gasteiger partial charge is 0.493 e. The van der Waals surface area contributed by atoms with E-state index in [0.717, 1.165) is 0 Å². The smallest absolute Gasteiger partial charge is 0.276 e. The molecule has 0 unspecified atom stereocenters. The molecule has 0 atom stereocenters. The van der Waals surface area contributed by atoms with E-state index in [1.165, 1.54) is 11.8 Å². The van der Waals surface area contributed by atoms with Gasteiger partial charge in [-0.2, -0.15) is 0 Å². The lowest BCUT2D eigenvalue weighted by Crippen LogP contribution is -2.12. The van der Waals surface area contributed by atoms with E-state index < -0.39 is 0 Å². The van der Waals surface area contributed by atoms with E-state index in [0.29, 0.717) is 34.8 Å². The lowest BCUT2D eigenvalue weighted by atomic mass is 10.2. The van der Waals surface area contributed by atoms with E-state index in [1.54, 1.807) is 31.2 Å². The monoisotopic (exact) mass is 294 g/mol. The number of amidine groups is 1. The van der Waals surface area contributed by atoms with Crippen molar-refractivity contribution in [2.75, 3.05) is 12.4 Å². The fourth-order valence-electron chi connectivity index (χ4n) is 1.40. The Morgan fingerprint density at radius 2 is 2.15 bits per heavy atom. The van der Waals surface area contributed by atoms with Gasteiger partial charge in [0, 0.05) is 18.2 Å². The fourth-order valence-corrected chi connectivity index (χ4v) is 2.02. The average molecular weight is 294 g/mol. The quantitative estimate of drug-likeness (QED) is 0.208. The van der Waals surface area contributed by atoms with Crippen LogP contribution in [0, 0.1) is 6.92 Å². The molecule has 0 amide bonds. The van der Waals surface area contributed by atoms with E-state index in [1.807, 2.05) is 0 Å². The van der Waals surface area contributed by atoms with Gasteiger partial charge in [0.05, 0.1) is 6.61 Å². The first-order chi connectivity index (χ1) is 9.69. The molecular formula is C12H14N4O3S. The maximum absolute atomic E-state index is 8.55. The van der Waals surface area contributed by atoms with Crippen molar-refractivity contribution in [3.05, 3.63) is 35.7 Å². The molecule has 1 aromatic heterocycles. The Bertz CT molecular complexity index is 583. The summed E-state index contributed by atoms with van der Waals surface area (Å²) in [5.74, 6) is 2.02. The van der Waals surface area contributed by atoms with Crippen molar-refractivity contribution in [3.8, 4) is 5.75 Å². The Kier molecular flexibility index (Phi) is 4.83. The van der Waals surface area contributed by atoms with Crippen LogP contribution in [0.2, 0.25) is 0 Å². The molecule has 2 rings (SSSR count). The fraction of sp³-hybridized carbons (Fsp3) is 0.250. The number of aryl methyl sites for hydroxylation is 1. The van der Waals surface area contributed by atoms with Crippen LogP contribution in [0.3, 0.4) is 0 Å². The van der Waals surface area contributed by atoms with Gasteiger partial charge in [-0.05, 0) is 24.3 Å². The molecule has 2 aromatic rings. The van der Waals surface area contributed by atoms with Crippen LogP contribution in [-0.2, 0) is 0 Å². The Balaban J connectivity index is 1.77. The predicted octanol–water partition coefficient (Wildman–Crippen LogP) is 1.64. The summed E-state index contributed by atoms with van der Waals surface area (Å²) in [6.07, 6.45) is 0. The maximum Gasteiger partial charge on any atom is 0.276 e. The second-order valence-corrected chi connectivity index (χ2v) is 4.84. The third-order valence-electron chi connectivity index (χ3n) is 2.34. The van der Waals surface area contributed by atoms with Crippen LogP contribution < -0.4 is 10.5 Å². The topological polar surface area (TPSA) is 107 Å². The van der Waals surface area contributed by atoms with Crippen LogP contribution >= 0.6 is 11.8 Å². The first kappa shape index (κ1) is 14.2. The molecule has 0 saturated heterocycles. The molecule has 0 radical (unpaired) electrons. The Labute approximate surface area is 119 Å². The number of thioether (sulfide) groups is 1. The molecule has 106 valence electrons. The summed E-state index contributed by atoms with van der Waals surface area (Å²) < 4.78 is 10.8. The van der Waals surface area contributed by atoms with Gasteiger partial charge in [0.1, 0.15) is 5.75 Å². The summed E-state index contributed by atoms with van der Waals surface area (Å²) in [6.45, 7) is 2.26. The summed E-state index contributed by atoms with van der Waals surface area (Å²) >= 11 is 1.43. The number of rotatable bonds is 6. The number of ether oxygens (including phenoxy) is 1. The molecule has 0 aliphatic carbocycles. The molecule has 0 saturated carbocycles. The number of benzene rings is 1. The number of nitrogens with zero attached hydrogens (tertiary/aromatic N) is 3. The zero-order valence-corrected chi connectivity index (χ0v) is 11.6. The molecule has 0 bridgehead atoms. The predicted molar refractivity (Wildman–Crippen MR) is 74.2 cm³/mol. The third-order valence-corrected chi connectivity index (χ3v) is 3.13. The van der Waals surface area contributed by atoms with Crippen molar-refractivity contribution in [2.24, 2.45) is 10.9 Å². The second-order valence-electron chi connectivity index (χ2n) is 3.79. The van der Waals surface area contributed by atoms with E-state index in [2.05, 4.69) is 15.4 Å². The van der Waals surface area contributed by atoms with Gasteiger partial charge in [-0.15, -0.1) is 10.2 Å². The van der Waals surface area contributed by atoms with Crippen molar-refractivity contribution in [2.45, 2.75) is 12.1 Å². The molecule has 1 aromatic carbocycles. The number of nitrogens with two attached hydrogens (primary N) is 1. The minimum absolute atomic E-state index is 0.0684. The van der Waals surface area contributed by atoms with Gasteiger partial charge in [-0.25, -0.2) is 0 Å². The molecule has 1 heterocycles. The zero-order valence-electron chi connectivity index (χ0n) is 10.8. The normalized spacial score (nSPS) is 11.6. The molecular weight excluding hydrogens is 280 g/mol. The van der Waals surface area contributed by atoms with Gasteiger partial charge < -0.3 is 20.1 Å². The number of aromatic nitrogens is 2. The maximum atomic E-state index is 8.55. The zero-order chi connectivity index (χ0) is 14.4. The molecule has 20 heavy (non-hydrogen) atoms. The molecule has 0 fully saturated rings. The first-order valence-corrected chi connectivity index (χ1v) is 6.81. The number of hydrogen-bond donors (Lipinski definition) is 2. The second kappa shape index (κ2) is 6.80. The molecule has 8 heteroatoms. The van der Waals surface area contributed by atoms with Crippen LogP contribution in [0.25, 0.3) is 0 Å². The van der Waals surface area contributed by atoms with Crippen LogP contribution in [0.1, 0.15) is 11.5 Å². The summed E-state index contributed by atoms with van der Waals surface area (Å²) in [4.78, 5) is 0. The first-order valence-electron chi connectivity index (χ1n) is 5.82. The summed E-state index contributed by atoms with van der Waals surface area (Å²) in [5.41, 5.74) is 6.10. The Hall–Kier alpha value is -2.22. The molecule has 7 nitrogen and oxygen atoms in total. The SMILES string of the molecule is Cc1nnc(SCCOc2ccc(C(N)=NO)cc2)o1. The molecule has 3 N–H and O–H groups in total. The van der Waals surface area contributed by atoms with Crippen LogP contribution in [0.15, 0.2) is 39.1 Å². The highest BCUT2D eigenvalue weighted by atomic mass is 32.2. The standard InChI is InChI=1S/C12H14N4O3S/c1-8-14-15-12(19-8)20-7-6-18-10-4-2-9(3-5-10)11(13)16-17/h2-5,17H,6-7H2,1H3,(H2,13,16). The van der Waals surface area contributed by atoms with Crippen molar-refractivity contribution in [1.82, 2.24) is 10.2 Å². The van der Waals surface area contributed by atoms with E-state index in [4.69, 9.17) is 20.1 Å². The highest BCUT2D eigenvalue weighted by Gasteiger charge is 2.03. The summed E-state index contributed by atoms with van der Waals surface area (Å²) in [7, 11) is 0. The van der Waals surface area contributed by atoms with Gasteiger partial charge in [-0.3, -0.25) is 0 Å². The lowest BCUT2D eigenvalue weighted by molar-refractivity contribution is 0.318. The van der Waals surface area contributed by atoms with E-state index in [-0.39, 0.29) is 5.84 Å². The summed E-state index contributed by atoms with van der Waals surface area (Å²) in [6, 6.07) is 6.96. The molecule has 0 spiro atoms. The van der Waals surface area contributed by atoms with Gasteiger partial charge in [0.25, 0.3) is 5.22 Å². The van der Waals surface area contributed by atoms with Crippen LogP contribution in [0.5, 0.6) is 5.75 Å². The van der Waals surface area contributed by atoms with Crippen molar-refractivity contribution >= 4 is 17.6 Å². The molecule has 0 aliphatic heterocycles. The lowest BCUT2D eigenvalue weighted by Gasteiger charge is -2.05. The van der Waals surface area contributed by atoms with Crippen LogP contribution in [-0.4, -0.2) is 33.6 Å². The van der Waals surface area contributed by atoms with Crippen molar-refractivity contribution in [1.29, 1.82) is 0 Å². The Morgan fingerprint density at radius 1 is 1.40 bits per heavy atom. The minimum atomic E-state index is 0.0684. The number of oxime groups is 1. The molecule has 0 aliphatic rings. The average Bonchev–Trinajstić information content (AvgIpc) is 2.89.